The van der Waals surface area contributed by atoms with E-state index in [2.05, 4.69) is 33.5 Å². The Kier molecular flexibility index (Phi) is 8.22. The molecule has 3 heterocycles. The zero-order valence-electron chi connectivity index (χ0n) is 22.4. The third-order valence-electron chi connectivity index (χ3n) is 6.79. The second-order valence-electron chi connectivity index (χ2n) is 10.2. The number of alkyl halides is 3. The maximum atomic E-state index is 13.5. The van der Waals surface area contributed by atoms with Gasteiger partial charge in [-0.25, -0.2) is 8.42 Å². The van der Waals surface area contributed by atoms with Gasteiger partial charge < -0.3 is 19.9 Å². The third kappa shape index (κ3) is 6.80. The predicted octanol–water partition coefficient (Wildman–Crippen LogP) is 4.86. The summed E-state index contributed by atoms with van der Waals surface area (Å²) in [4.78, 5) is 4.33. The number of nitriles is 1. The van der Waals surface area contributed by atoms with Crippen LogP contribution in [0.2, 0.25) is 0 Å². The lowest BCUT2D eigenvalue weighted by atomic mass is 9.90. The fourth-order valence-corrected chi connectivity index (χ4v) is 6.02. The number of sulfone groups is 1. The number of pyridine rings is 1. The van der Waals surface area contributed by atoms with Crippen LogP contribution in [0.15, 0.2) is 36.5 Å². The van der Waals surface area contributed by atoms with Gasteiger partial charge in [0, 0.05) is 23.2 Å². The van der Waals surface area contributed by atoms with Crippen LogP contribution in [0.25, 0.3) is 10.9 Å². The van der Waals surface area contributed by atoms with Crippen molar-refractivity contribution in [3.8, 4) is 23.7 Å². The van der Waals surface area contributed by atoms with Crippen molar-refractivity contribution in [2.24, 2.45) is 0 Å². The van der Waals surface area contributed by atoms with Crippen LogP contribution in [-0.2, 0) is 21.8 Å². The van der Waals surface area contributed by atoms with E-state index in [0.717, 1.165) is 4.57 Å². The molecule has 3 aromatic rings. The fraction of sp³-hybridized carbons (Fsp3) is 0.429. The molecular weight excluding hydrogens is 543 g/mol. The van der Waals surface area contributed by atoms with E-state index >= 15 is 0 Å². The van der Waals surface area contributed by atoms with Crippen molar-refractivity contribution in [3.05, 3.63) is 47.9 Å². The molecule has 0 atom stereocenters. The number of benzene rings is 1. The Bertz CT molecular complexity index is 1600. The minimum atomic E-state index is -4.46. The molecule has 1 aliphatic heterocycles. The first-order valence-corrected chi connectivity index (χ1v) is 14.5. The summed E-state index contributed by atoms with van der Waals surface area (Å²) < 4.78 is 70.7. The average molecular weight is 574 g/mol. The Morgan fingerprint density at radius 1 is 1.18 bits per heavy atom. The lowest BCUT2D eigenvalue weighted by Crippen LogP contribution is -2.32. The molecular formula is C28H30F3N5O3S. The first kappa shape index (κ1) is 29.1. The number of methoxy groups -OCH3 is 1. The molecule has 0 bridgehead atoms. The minimum absolute atomic E-state index is 0.0819. The first-order valence-electron chi connectivity index (χ1n) is 12.7. The van der Waals surface area contributed by atoms with Gasteiger partial charge in [-0.2, -0.15) is 18.4 Å². The molecule has 1 fully saturated rings. The Labute approximate surface area is 231 Å². The van der Waals surface area contributed by atoms with Crippen molar-refractivity contribution in [3.63, 3.8) is 0 Å². The molecule has 0 aliphatic carbocycles. The highest BCUT2D eigenvalue weighted by atomic mass is 32.2. The van der Waals surface area contributed by atoms with E-state index < -0.39 is 28.0 Å². The molecule has 1 aromatic carbocycles. The monoisotopic (exact) mass is 573 g/mol. The average Bonchev–Trinajstić information content (AvgIpc) is 3.24. The van der Waals surface area contributed by atoms with Gasteiger partial charge in [0.1, 0.15) is 22.1 Å². The minimum Gasteiger partial charge on any atom is -0.494 e. The summed E-state index contributed by atoms with van der Waals surface area (Å²) in [6, 6.07) is 10.4. The summed E-state index contributed by atoms with van der Waals surface area (Å²) in [6.07, 6.45) is -2.05. The number of halogens is 3. The summed E-state index contributed by atoms with van der Waals surface area (Å²) >= 11 is 0. The van der Waals surface area contributed by atoms with Gasteiger partial charge in [0.25, 0.3) is 0 Å². The quantitative estimate of drug-likeness (QED) is 0.389. The van der Waals surface area contributed by atoms with Gasteiger partial charge in [0.15, 0.2) is 0 Å². The van der Waals surface area contributed by atoms with Gasteiger partial charge in [-0.05, 0) is 50.8 Å². The molecule has 1 aliphatic rings. The maximum absolute atomic E-state index is 13.5. The molecule has 0 saturated carbocycles. The normalized spacial score (nSPS) is 15.6. The number of hydrogen-bond donors (Lipinski definition) is 2. The van der Waals surface area contributed by atoms with Crippen LogP contribution in [0.3, 0.4) is 0 Å². The van der Waals surface area contributed by atoms with Gasteiger partial charge in [0.05, 0.1) is 65.4 Å². The molecule has 8 nitrogen and oxygen atoms in total. The van der Waals surface area contributed by atoms with Crippen molar-refractivity contribution >= 4 is 32.1 Å². The number of anilines is 2. The van der Waals surface area contributed by atoms with E-state index in [9.17, 15) is 26.9 Å². The Morgan fingerprint density at radius 2 is 1.90 bits per heavy atom. The smallest absolute Gasteiger partial charge is 0.406 e. The van der Waals surface area contributed by atoms with Gasteiger partial charge in [0.2, 0.25) is 0 Å². The highest BCUT2D eigenvalue weighted by Crippen LogP contribution is 2.32. The Morgan fingerprint density at radius 3 is 2.55 bits per heavy atom. The number of nitrogens with one attached hydrogen (secondary N) is 2. The number of fused-ring (bicyclic) bond motifs is 1. The van der Waals surface area contributed by atoms with Gasteiger partial charge >= 0.3 is 6.18 Å². The summed E-state index contributed by atoms with van der Waals surface area (Å²) in [5.74, 6) is 6.37. The molecule has 1 saturated heterocycles. The van der Waals surface area contributed by atoms with E-state index in [-0.39, 0.29) is 29.8 Å². The SMILES string of the molecule is COc1cc(C(C)(C)C#N)ncc1NCC#Cc1cc2c(NC3CCS(=O)(=O)CC3)cccc2n1CC(F)(F)F. The van der Waals surface area contributed by atoms with Crippen molar-refractivity contribution in [2.75, 3.05) is 35.8 Å². The van der Waals surface area contributed by atoms with Crippen LogP contribution < -0.4 is 15.4 Å². The predicted molar refractivity (Wildman–Crippen MR) is 148 cm³/mol. The lowest BCUT2D eigenvalue weighted by molar-refractivity contribution is -0.140. The molecule has 40 heavy (non-hydrogen) atoms. The van der Waals surface area contributed by atoms with Crippen LogP contribution in [0, 0.1) is 23.2 Å². The molecule has 4 rings (SSSR count). The Balaban J connectivity index is 1.59. The zero-order valence-corrected chi connectivity index (χ0v) is 23.2. The van der Waals surface area contributed by atoms with E-state index in [1.807, 2.05) is 0 Å². The van der Waals surface area contributed by atoms with Crippen LogP contribution in [-0.4, -0.2) is 55.3 Å². The highest BCUT2D eigenvalue weighted by Gasteiger charge is 2.30. The topological polar surface area (TPSA) is 109 Å². The number of rotatable bonds is 7. The van der Waals surface area contributed by atoms with Crippen LogP contribution in [0.4, 0.5) is 24.5 Å². The fourth-order valence-electron chi connectivity index (χ4n) is 4.53. The molecule has 212 valence electrons. The summed E-state index contributed by atoms with van der Waals surface area (Å²) in [6.45, 7) is 2.39. The Hall–Kier alpha value is -3.90. The molecule has 0 amide bonds. The van der Waals surface area contributed by atoms with Crippen LogP contribution in [0.1, 0.15) is 38.1 Å². The van der Waals surface area contributed by atoms with Crippen LogP contribution in [0.5, 0.6) is 5.75 Å². The van der Waals surface area contributed by atoms with Crippen molar-refractivity contribution in [2.45, 2.75) is 50.9 Å². The van der Waals surface area contributed by atoms with Crippen LogP contribution >= 0.6 is 0 Å². The van der Waals surface area contributed by atoms with Crippen molar-refractivity contribution < 1.29 is 26.3 Å². The molecule has 2 aromatic heterocycles. The number of nitrogens with zero attached hydrogens (tertiary/aromatic N) is 3. The number of hydrogen-bond acceptors (Lipinski definition) is 7. The summed E-state index contributed by atoms with van der Waals surface area (Å²) in [7, 11) is -1.55. The number of ether oxygens (including phenoxy) is 1. The van der Waals surface area contributed by atoms with Gasteiger partial charge in [-0.15, -0.1) is 0 Å². The molecule has 12 heteroatoms. The maximum Gasteiger partial charge on any atom is 0.406 e. The highest BCUT2D eigenvalue weighted by molar-refractivity contribution is 7.91. The van der Waals surface area contributed by atoms with E-state index in [1.165, 1.54) is 13.3 Å². The van der Waals surface area contributed by atoms with E-state index in [1.54, 1.807) is 44.2 Å². The largest absolute Gasteiger partial charge is 0.494 e. The van der Waals surface area contributed by atoms with Gasteiger partial charge in [-0.3, -0.25) is 4.98 Å². The number of aromatic nitrogens is 2. The molecule has 0 unspecified atom stereocenters. The summed E-state index contributed by atoms with van der Waals surface area (Å²) in [5, 5.41) is 16.3. The first-order chi connectivity index (χ1) is 18.8. The third-order valence-corrected chi connectivity index (χ3v) is 8.50. The second kappa shape index (κ2) is 11.3. The molecule has 0 radical (unpaired) electrons. The van der Waals surface area contributed by atoms with E-state index in [0.29, 0.717) is 46.6 Å². The van der Waals surface area contributed by atoms with Crippen molar-refractivity contribution in [1.29, 1.82) is 5.26 Å². The zero-order chi connectivity index (χ0) is 29.1. The van der Waals surface area contributed by atoms with Gasteiger partial charge in [-0.1, -0.05) is 12.0 Å². The lowest BCUT2D eigenvalue weighted by Gasteiger charge is -2.24. The standard InChI is InChI=1S/C28H30F3N5O3S/c1-27(2,17-32)26-15-25(39-3)23(16-34-26)33-11-5-6-20-14-21-22(35-19-9-12-40(37,38)13-10-19)7-4-8-24(21)36(20)18-28(29,30)31/h4,7-8,14-16,19,33,35H,9-13,18H2,1-3H3. The molecule has 0 spiro atoms. The second-order valence-corrected chi connectivity index (χ2v) is 12.5. The van der Waals surface area contributed by atoms with E-state index in [4.69, 9.17) is 4.74 Å². The van der Waals surface area contributed by atoms with Crippen molar-refractivity contribution in [1.82, 2.24) is 9.55 Å². The summed E-state index contributed by atoms with van der Waals surface area (Å²) in [5.41, 5.74) is 1.49. The molecule has 2 N–H and O–H groups in total.